The van der Waals surface area contributed by atoms with Crippen LogP contribution < -0.4 is 10.1 Å². The van der Waals surface area contributed by atoms with Gasteiger partial charge in [0.05, 0.1) is 18.7 Å². The number of ether oxygens (including phenoxy) is 1. The number of likely N-dealkylation sites (tertiary alicyclic amines) is 1. The predicted molar refractivity (Wildman–Crippen MR) is 70.3 cm³/mol. The Kier molecular flexibility index (Phi) is 3.11. The summed E-state index contributed by atoms with van der Waals surface area (Å²) in [6.45, 7) is 2.01. The van der Waals surface area contributed by atoms with E-state index in [-0.39, 0.29) is 11.8 Å². The quantitative estimate of drug-likeness (QED) is 0.835. The van der Waals surface area contributed by atoms with Crippen LogP contribution in [0.3, 0.4) is 0 Å². The molecule has 0 saturated carbocycles. The average molecular weight is 260 g/mol. The summed E-state index contributed by atoms with van der Waals surface area (Å²) in [6, 6.07) is 5.22. The first-order valence-corrected chi connectivity index (χ1v) is 6.60. The molecule has 0 radical (unpaired) electrons. The molecule has 1 aromatic rings. The van der Waals surface area contributed by atoms with Crippen LogP contribution in [-0.4, -0.2) is 36.4 Å². The normalized spacial score (nSPS) is 18.3. The number of carbonyl (C=O) groups is 2. The molecular weight excluding hydrogens is 244 g/mol. The van der Waals surface area contributed by atoms with Crippen LogP contribution in [0.15, 0.2) is 18.2 Å². The van der Waals surface area contributed by atoms with Crippen molar-refractivity contribution in [3.8, 4) is 5.75 Å². The maximum Gasteiger partial charge on any atom is 0.253 e. The van der Waals surface area contributed by atoms with Crippen LogP contribution in [-0.2, 0) is 4.79 Å². The zero-order chi connectivity index (χ0) is 13.2. The molecule has 0 aromatic heterocycles. The van der Waals surface area contributed by atoms with Gasteiger partial charge in [0.2, 0.25) is 5.91 Å². The summed E-state index contributed by atoms with van der Waals surface area (Å²) < 4.78 is 5.47. The maximum absolute atomic E-state index is 12.3. The summed E-state index contributed by atoms with van der Waals surface area (Å²) in [4.78, 5) is 25.6. The average Bonchev–Trinajstić information content (AvgIpc) is 2.87. The van der Waals surface area contributed by atoms with Gasteiger partial charge < -0.3 is 15.0 Å². The minimum absolute atomic E-state index is 0.0267. The van der Waals surface area contributed by atoms with Crippen molar-refractivity contribution in [3.05, 3.63) is 23.8 Å². The van der Waals surface area contributed by atoms with Gasteiger partial charge in [0.25, 0.3) is 5.91 Å². The summed E-state index contributed by atoms with van der Waals surface area (Å²) >= 11 is 0. The van der Waals surface area contributed by atoms with Crippen molar-refractivity contribution in [1.82, 2.24) is 4.90 Å². The SMILES string of the molecule is O=C1CCOc2ccc(C(=O)N3CCCC3)cc2N1. The van der Waals surface area contributed by atoms with Gasteiger partial charge in [-0.3, -0.25) is 9.59 Å². The molecule has 5 heteroatoms. The molecule has 2 heterocycles. The smallest absolute Gasteiger partial charge is 0.253 e. The third-order valence-electron chi connectivity index (χ3n) is 3.48. The number of benzene rings is 1. The molecule has 0 unspecified atom stereocenters. The van der Waals surface area contributed by atoms with Crippen molar-refractivity contribution in [2.24, 2.45) is 0 Å². The molecule has 0 atom stereocenters. The summed E-state index contributed by atoms with van der Waals surface area (Å²) in [7, 11) is 0. The second kappa shape index (κ2) is 4.91. The number of fused-ring (bicyclic) bond motifs is 1. The number of hydrogen-bond acceptors (Lipinski definition) is 3. The van der Waals surface area contributed by atoms with E-state index in [4.69, 9.17) is 4.74 Å². The Bertz CT molecular complexity index is 521. The van der Waals surface area contributed by atoms with Gasteiger partial charge in [-0.1, -0.05) is 0 Å². The molecule has 3 rings (SSSR count). The second-order valence-corrected chi connectivity index (χ2v) is 4.86. The molecule has 19 heavy (non-hydrogen) atoms. The lowest BCUT2D eigenvalue weighted by Gasteiger charge is -2.16. The lowest BCUT2D eigenvalue weighted by molar-refractivity contribution is -0.116. The highest BCUT2D eigenvalue weighted by molar-refractivity contribution is 5.98. The highest BCUT2D eigenvalue weighted by Gasteiger charge is 2.21. The second-order valence-electron chi connectivity index (χ2n) is 4.86. The predicted octanol–water partition coefficient (Wildman–Crippen LogP) is 1.64. The van der Waals surface area contributed by atoms with Gasteiger partial charge in [-0.15, -0.1) is 0 Å². The van der Waals surface area contributed by atoms with E-state index in [9.17, 15) is 9.59 Å². The van der Waals surface area contributed by atoms with Crippen LogP contribution in [0, 0.1) is 0 Å². The van der Waals surface area contributed by atoms with Gasteiger partial charge in [0.1, 0.15) is 5.75 Å². The van der Waals surface area contributed by atoms with Crippen LogP contribution in [0.2, 0.25) is 0 Å². The number of rotatable bonds is 1. The van der Waals surface area contributed by atoms with Crippen molar-refractivity contribution < 1.29 is 14.3 Å². The van der Waals surface area contributed by atoms with E-state index in [0.717, 1.165) is 25.9 Å². The van der Waals surface area contributed by atoms with Gasteiger partial charge in [-0.2, -0.15) is 0 Å². The Morgan fingerprint density at radius 1 is 1.26 bits per heavy atom. The van der Waals surface area contributed by atoms with Crippen molar-refractivity contribution >= 4 is 17.5 Å². The van der Waals surface area contributed by atoms with E-state index < -0.39 is 0 Å². The first kappa shape index (κ1) is 12.0. The molecule has 0 bridgehead atoms. The summed E-state index contributed by atoms with van der Waals surface area (Å²) in [5, 5.41) is 2.77. The van der Waals surface area contributed by atoms with Crippen LogP contribution in [0.5, 0.6) is 5.75 Å². The Labute approximate surface area is 111 Å². The highest BCUT2D eigenvalue weighted by atomic mass is 16.5. The Morgan fingerprint density at radius 3 is 2.84 bits per heavy atom. The molecule has 100 valence electrons. The molecule has 1 fully saturated rings. The third kappa shape index (κ3) is 2.41. The van der Waals surface area contributed by atoms with Crippen LogP contribution >= 0.6 is 0 Å². The number of nitrogens with zero attached hydrogens (tertiary/aromatic N) is 1. The van der Waals surface area contributed by atoms with E-state index >= 15 is 0 Å². The standard InChI is InChI=1S/C14H16N2O3/c17-13-5-8-19-12-4-3-10(9-11(12)15-13)14(18)16-6-1-2-7-16/h3-4,9H,1-2,5-8H2,(H,15,17). The molecular formula is C14H16N2O3. The van der Waals surface area contributed by atoms with Gasteiger partial charge in [0.15, 0.2) is 0 Å². The van der Waals surface area contributed by atoms with Crippen molar-refractivity contribution in [2.45, 2.75) is 19.3 Å². The van der Waals surface area contributed by atoms with Gasteiger partial charge in [-0.05, 0) is 31.0 Å². The summed E-state index contributed by atoms with van der Waals surface area (Å²) in [5.74, 6) is 0.576. The molecule has 0 spiro atoms. The topological polar surface area (TPSA) is 58.6 Å². The van der Waals surface area contributed by atoms with E-state index in [1.165, 1.54) is 0 Å². The molecule has 0 aliphatic carbocycles. The fraction of sp³-hybridized carbons (Fsp3) is 0.429. The van der Waals surface area contributed by atoms with E-state index in [0.29, 0.717) is 30.0 Å². The Hall–Kier alpha value is -2.04. The molecule has 2 aliphatic heterocycles. The van der Waals surface area contributed by atoms with Gasteiger partial charge in [-0.25, -0.2) is 0 Å². The number of carbonyl (C=O) groups excluding carboxylic acids is 2. The monoisotopic (exact) mass is 260 g/mol. The molecule has 1 saturated heterocycles. The number of nitrogens with one attached hydrogen (secondary N) is 1. The van der Waals surface area contributed by atoms with Crippen LogP contribution in [0.4, 0.5) is 5.69 Å². The molecule has 5 nitrogen and oxygen atoms in total. The van der Waals surface area contributed by atoms with Crippen LogP contribution in [0.1, 0.15) is 29.6 Å². The van der Waals surface area contributed by atoms with Gasteiger partial charge >= 0.3 is 0 Å². The van der Waals surface area contributed by atoms with E-state index in [1.807, 2.05) is 4.90 Å². The van der Waals surface area contributed by atoms with Crippen molar-refractivity contribution in [2.75, 3.05) is 25.0 Å². The molecule has 2 amide bonds. The Balaban J connectivity index is 1.87. The highest BCUT2D eigenvalue weighted by Crippen LogP contribution is 2.28. The first-order valence-electron chi connectivity index (χ1n) is 6.60. The third-order valence-corrected chi connectivity index (χ3v) is 3.48. The summed E-state index contributed by atoms with van der Waals surface area (Å²) in [6.07, 6.45) is 2.47. The van der Waals surface area contributed by atoms with E-state index in [1.54, 1.807) is 18.2 Å². The lowest BCUT2D eigenvalue weighted by atomic mass is 10.1. The Morgan fingerprint density at radius 2 is 2.05 bits per heavy atom. The summed E-state index contributed by atoms with van der Waals surface area (Å²) in [5.41, 5.74) is 1.19. The fourth-order valence-electron chi connectivity index (χ4n) is 2.46. The minimum atomic E-state index is -0.0791. The van der Waals surface area contributed by atoms with Crippen LogP contribution in [0.25, 0.3) is 0 Å². The maximum atomic E-state index is 12.3. The molecule has 1 N–H and O–H groups in total. The molecule has 2 aliphatic rings. The largest absolute Gasteiger partial charge is 0.491 e. The minimum Gasteiger partial charge on any atom is -0.491 e. The number of hydrogen-bond donors (Lipinski definition) is 1. The molecule has 1 aromatic carbocycles. The van der Waals surface area contributed by atoms with Crippen molar-refractivity contribution in [3.63, 3.8) is 0 Å². The lowest BCUT2D eigenvalue weighted by Crippen LogP contribution is -2.27. The zero-order valence-corrected chi connectivity index (χ0v) is 10.6. The van der Waals surface area contributed by atoms with Crippen molar-refractivity contribution in [1.29, 1.82) is 0 Å². The van der Waals surface area contributed by atoms with Gasteiger partial charge in [0, 0.05) is 18.7 Å². The fourth-order valence-corrected chi connectivity index (χ4v) is 2.46. The number of amides is 2. The van der Waals surface area contributed by atoms with E-state index in [2.05, 4.69) is 5.32 Å². The zero-order valence-electron chi connectivity index (χ0n) is 10.6. The number of anilines is 1. The first-order chi connectivity index (χ1) is 9.24.